The maximum absolute atomic E-state index is 11.2. The Bertz CT molecular complexity index is 281. The summed E-state index contributed by atoms with van der Waals surface area (Å²) in [7, 11) is 0. The van der Waals surface area contributed by atoms with Crippen molar-refractivity contribution in [1.82, 2.24) is 5.32 Å². The van der Waals surface area contributed by atoms with E-state index in [1.54, 1.807) is 0 Å². The van der Waals surface area contributed by atoms with Gasteiger partial charge in [-0.05, 0) is 31.0 Å². The lowest BCUT2D eigenvalue weighted by molar-refractivity contribution is -0.115. The van der Waals surface area contributed by atoms with Crippen LogP contribution in [0.15, 0.2) is 10.5 Å². The van der Waals surface area contributed by atoms with Gasteiger partial charge < -0.3 is 0 Å². The van der Waals surface area contributed by atoms with Crippen LogP contribution in [0.3, 0.4) is 0 Å². The molecule has 2 amide bonds. The molecule has 0 unspecified atom stereocenters. The van der Waals surface area contributed by atoms with Crippen LogP contribution in [0.4, 0.5) is 4.79 Å². The maximum atomic E-state index is 11.2. The number of amides is 2. The van der Waals surface area contributed by atoms with Crippen LogP contribution in [0.2, 0.25) is 0 Å². The standard InChI is InChI=1S/C9H13NO2S/c1-5(2)4-6(3)7-8(11)10-9(12)13-7/h5H,4H2,1-3H3,(H,10,11,12)/b7-6+. The van der Waals surface area contributed by atoms with Crippen molar-refractivity contribution in [3.8, 4) is 0 Å². The number of hydrogen-bond acceptors (Lipinski definition) is 3. The molecule has 0 aromatic carbocycles. The predicted octanol–water partition coefficient (Wildman–Crippen LogP) is 2.29. The molecule has 1 fully saturated rings. The van der Waals surface area contributed by atoms with Crippen LogP contribution in [0, 0.1) is 5.92 Å². The van der Waals surface area contributed by atoms with Gasteiger partial charge in [-0.3, -0.25) is 14.9 Å². The summed E-state index contributed by atoms with van der Waals surface area (Å²) in [5, 5.41) is 1.99. The van der Waals surface area contributed by atoms with E-state index in [0.29, 0.717) is 10.8 Å². The molecular weight excluding hydrogens is 186 g/mol. The van der Waals surface area contributed by atoms with Crippen molar-refractivity contribution in [2.45, 2.75) is 27.2 Å². The first-order valence-electron chi connectivity index (χ1n) is 4.23. The average Bonchev–Trinajstić information content (AvgIpc) is 2.28. The van der Waals surface area contributed by atoms with E-state index in [4.69, 9.17) is 0 Å². The number of hydrogen-bond donors (Lipinski definition) is 1. The zero-order valence-electron chi connectivity index (χ0n) is 8.01. The van der Waals surface area contributed by atoms with E-state index in [2.05, 4.69) is 19.2 Å². The largest absolute Gasteiger partial charge is 0.290 e. The van der Waals surface area contributed by atoms with Crippen LogP contribution in [0.1, 0.15) is 27.2 Å². The Hall–Kier alpha value is -0.770. The number of rotatable bonds is 2. The van der Waals surface area contributed by atoms with Gasteiger partial charge in [0.25, 0.3) is 11.1 Å². The third kappa shape index (κ3) is 2.59. The molecule has 1 aliphatic rings. The highest BCUT2D eigenvalue weighted by molar-refractivity contribution is 8.18. The van der Waals surface area contributed by atoms with E-state index in [1.165, 1.54) is 0 Å². The molecule has 0 aromatic heterocycles. The Balaban J connectivity index is 2.79. The monoisotopic (exact) mass is 199 g/mol. The first-order valence-corrected chi connectivity index (χ1v) is 5.05. The summed E-state index contributed by atoms with van der Waals surface area (Å²) in [6.07, 6.45) is 0.864. The minimum absolute atomic E-state index is 0.242. The number of nitrogens with one attached hydrogen (secondary N) is 1. The van der Waals surface area contributed by atoms with Gasteiger partial charge in [-0.2, -0.15) is 0 Å². The lowest BCUT2D eigenvalue weighted by Crippen LogP contribution is -2.18. The van der Waals surface area contributed by atoms with Gasteiger partial charge in [0.2, 0.25) is 0 Å². The van der Waals surface area contributed by atoms with Crippen molar-refractivity contribution in [2.75, 3.05) is 0 Å². The fourth-order valence-electron chi connectivity index (χ4n) is 1.30. The van der Waals surface area contributed by atoms with E-state index in [1.807, 2.05) is 6.92 Å². The highest BCUT2D eigenvalue weighted by atomic mass is 32.2. The lowest BCUT2D eigenvalue weighted by Gasteiger charge is -2.05. The van der Waals surface area contributed by atoms with Crippen molar-refractivity contribution in [3.63, 3.8) is 0 Å². The molecule has 0 atom stereocenters. The normalized spacial score (nSPS) is 20.9. The average molecular weight is 199 g/mol. The second kappa shape index (κ2) is 3.96. The number of carbonyl (C=O) groups excluding carboxylic acids is 2. The maximum Gasteiger partial charge on any atom is 0.290 e. The molecule has 0 bridgehead atoms. The third-order valence-corrected chi connectivity index (χ3v) is 2.74. The van der Waals surface area contributed by atoms with Gasteiger partial charge in [0, 0.05) is 0 Å². The molecule has 1 N–H and O–H groups in total. The highest BCUT2D eigenvalue weighted by Gasteiger charge is 2.26. The summed E-state index contributed by atoms with van der Waals surface area (Å²) in [6.45, 7) is 6.08. The van der Waals surface area contributed by atoms with Crippen LogP contribution < -0.4 is 5.32 Å². The summed E-state index contributed by atoms with van der Waals surface area (Å²) in [6, 6.07) is 0. The summed E-state index contributed by atoms with van der Waals surface area (Å²) in [4.78, 5) is 22.6. The molecule has 1 aliphatic heterocycles. The molecule has 0 saturated carbocycles. The third-order valence-electron chi connectivity index (χ3n) is 1.72. The van der Waals surface area contributed by atoms with Crippen molar-refractivity contribution < 1.29 is 9.59 Å². The predicted molar refractivity (Wildman–Crippen MR) is 53.3 cm³/mol. The first kappa shape index (κ1) is 10.3. The van der Waals surface area contributed by atoms with Gasteiger partial charge in [0.15, 0.2) is 0 Å². The second-order valence-corrected chi connectivity index (χ2v) is 4.53. The number of carbonyl (C=O) groups is 2. The number of allylic oxidation sites excluding steroid dienone is 1. The second-order valence-electron chi connectivity index (χ2n) is 3.55. The van der Waals surface area contributed by atoms with E-state index in [-0.39, 0.29) is 11.1 Å². The Kier molecular flexibility index (Phi) is 3.14. The van der Waals surface area contributed by atoms with Crippen LogP contribution >= 0.6 is 11.8 Å². The Morgan fingerprint density at radius 1 is 1.46 bits per heavy atom. The van der Waals surface area contributed by atoms with Gasteiger partial charge >= 0.3 is 0 Å². The van der Waals surface area contributed by atoms with E-state index < -0.39 is 0 Å². The van der Waals surface area contributed by atoms with Crippen LogP contribution in [-0.4, -0.2) is 11.1 Å². The lowest BCUT2D eigenvalue weighted by atomic mass is 10.0. The fraction of sp³-hybridized carbons (Fsp3) is 0.556. The molecule has 1 heterocycles. The van der Waals surface area contributed by atoms with E-state index in [0.717, 1.165) is 23.8 Å². The van der Waals surface area contributed by atoms with Crippen LogP contribution in [-0.2, 0) is 4.79 Å². The number of imide groups is 1. The summed E-state index contributed by atoms with van der Waals surface area (Å²) < 4.78 is 0. The van der Waals surface area contributed by atoms with Gasteiger partial charge in [0.05, 0.1) is 4.91 Å². The molecule has 0 spiro atoms. The summed E-state index contributed by atoms with van der Waals surface area (Å²) >= 11 is 1.00. The van der Waals surface area contributed by atoms with Crippen molar-refractivity contribution in [2.24, 2.45) is 5.92 Å². The molecule has 0 aromatic rings. The van der Waals surface area contributed by atoms with Crippen LogP contribution in [0.25, 0.3) is 0 Å². The molecule has 1 rings (SSSR count). The molecule has 13 heavy (non-hydrogen) atoms. The summed E-state index contributed by atoms with van der Waals surface area (Å²) in [5.74, 6) is 0.268. The Labute approximate surface area is 82.0 Å². The molecule has 72 valence electrons. The molecule has 1 saturated heterocycles. The zero-order valence-corrected chi connectivity index (χ0v) is 8.83. The molecule has 4 heteroatoms. The van der Waals surface area contributed by atoms with Gasteiger partial charge in [-0.25, -0.2) is 0 Å². The smallest absolute Gasteiger partial charge is 0.282 e. The number of thioether (sulfide) groups is 1. The SMILES string of the molecule is C/C(CC(C)C)=C1\SC(=O)NC1=O. The van der Waals surface area contributed by atoms with E-state index >= 15 is 0 Å². The van der Waals surface area contributed by atoms with Crippen molar-refractivity contribution in [1.29, 1.82) is 0 Å². The quantitative estimate of drug-likeness (QED) is 0.694. The van der Waals surface area contributed by atoms with Gasteiger partial charge in [-0.1, -0.05) is 19.4 Å². The minimum Gasteiger partial charge on any atom is -0.282 e. The van der Waals surface area contributed by atoms with Crippen LogP contribution in [0.5, 0.6) is 0 Å². The topological polar surface area (TPSA) is 46.2 Å². The zero-order chi connectivity index (χ0) is 10.0. The highest BCUT2D eigenvalue weighted by Crippen LogP contribution is 2.28. The first-order chi connectivity index (χ1) is 6.00. The van der Waals surface area contributed by atoms with E-state index in [9.17, 15) is 9.59 Å². The molecular formula is C9H13NO2S. The molecule has 3 nitrogen and oxygen atoms in total. The summed E-state index contributed by atoms with van der Waals surface area (Å²) in [5.41, 5.74) is 1.00. The Morgan fingerprint density at radius 2 is 2.08 bits per heavy atom. The fourth-order valence-corrected chi connectivity index (χ4v) is 2.03. The molecule has 0 radical (unpaired) electrons. The Morgan fingerprint density at radius 3 is 2.46 bits per heavy atom. The van der Waals surface area contributed by atoms with Gasteiger partial charge in [0.1, 0.15) is 0 Å². The molecule has 0 aliphatic carbocycles. The van der Waals surface area contributed by atoms with Crippen molar-refractivity contribution >= 4 is 22.9 Å². The van der Waals surface area contributed by atoms with Crippen molar-refractivity contribution in [3.05, 3.63) is 10.5 Å². The van der Waals surface area contributed by atoms with Gasteiger partial charge in [-0.15, -0.1) is 0 Å². The minimum atomic E-state index is -0.261.